The zero-order chi connectivity index (χ0) is 14.3. The molecule has 1 saturated heterocycles. The molecule has 2 nitrogen and oxygen atoms in total. The first-order valence-corrected chi connectivity index (χ1v) is 8.89. The molecular weight excluding hydrogens is 276 g/mol. The molecule has 2 heterocycles. The van der Waals surface area contributed by atoms with Gasteiger partial charge in [0.05, 0.1) is 0 Å². The molecule has 21 heavy (non-hydrogen) atoms. The van der Waals surface area contributed by atoms with Crippen LogP contribution < -0.4 is 4.90 Å². The highest BCUT2D eigenvalue weighted by Gasteiger charge is 2.13. The van der Waals surface area contributed by atoms with E-state index in [1.54, 1.807) is 11.3 Å². The van der Waals surface area contributed by atoms with Crippen molar-refractivity contribution in [2.75, 3.05) is 31.1 Å². The monoisotopic (exact) mass is 300 g/mol. The molecule has 0 spiro atoms. The van der Waals surface area contributed by atoms with E-state index in [0.717, 1.165) is 13.1 Å². The Hall–Kier alpha value is -1.32. The van der Waals surface area contributed by atoms with Crippen LogP contribution in [0.15, 0.2) is 47.2 Å². The van der Waals surface area contributed by atoms with Gasteiger partial charge in [-0.1, -0.05) is 24.6 Å². The fourth-order valence-electron chi connectivity index (χ4n) is 2.99. The molecule has 2 aromatic rings. The molecule has 0 radical (unpaired) electrons. The second-order valence-electron chi connectivity index (χ2n) is 5.79. The molecule has 0 bridgehead atoms. The SMILES string of the molecule is c1ccc(N(CCN2CCCCC2)Cc2ccsc2)cc1. The van der Waals surface area contributed by atoms with Crippen LogP contribution in [0.2, 0.25) is 0 Å². The van der Waals surface area contributed by atoms with E-state index in [1.807, 2.05) is 0 Å². The van der Waals surface area contributed by atoms with Crippen LogP contribution in [-0.4, -0.2) is 31.1 Å². The van der Waals surface area contributed by atoms with Crippen LogP contribution >= 0.6 is 11.3 Å². The summed E-state index contributed by atoms with van der Waals surface area (Å²) in [6.45, 7) is 5.86. The maximum Gasteiger partial charge on any atom is 0.0438 e. The number of hydrogen-bond donors (Lipinski definition) is 0. The Morgan fingerprint density at radius 3 is 2.52 bits per heavy atom. The fourth-order valence-corrected chi connectivity index (χ4v) is 3.65. The Morgan fingerprint density at radius 1 is 1.00 bits per heavy atom. The van der Waals surface area contributed by atoms with E-state index in [4.69, 9.17) is 0 Å². The van der Waals surface area contributed by atoms with Gasteiger partial charge in [-0.15, -0.1) is 0 Å². The lowest BCUT2D eigenvalue weighted by Crippen LogP contribution is -2.37. The van der Waals surface area contributed by atoms with Gasteiger partial charge >= 0.3 is 0 Å². The molecule has 0 unspecified atom stereocenters. The van der Waals surface area contributed by atoms with Gasteiger partial charge in [0.15, 0.2) is 0 Å². The largest absolute Gasteiger partial charge is 0.366 e. The Labute approximate surface area is 132 Å². The second-order valence-corrected chi connectivity index (χ2v) is 6.57. The highest BCUT2D eigenvalue weighted by molar-refractivity contribution is 7.07. The Balaban J connectivity index is 1.63. The van der Waals surface area contributed by atoms with E-state index in [-0.39, 0.29) is 0 Å². The summed E-state index contributed by atoms with van der Waals surface area (Å²) in [5.74, 6) is 0. The van der Waals surface area contributed by atoms with Crippen molar-refractivity contribution < 1.29 is 0 Å². The number of benzene rings is 1. The van der Waals surface area contributed by atoms with Gasteiger partial charge < -0.3 is 9.80 Å². The lowest BCUT2D eigenvalue weighted by Gasteiger charge is -2.31. The summed E-state index contributed by atoms with van der Waals surface area (Å²) in [5.41, 5.74) is 2.75. The smallest absolute Gasteiger partial charge is 0.0438 e. The first-order chi connectivity index (χ1) is 10.4. The predicted octanol–water partition coefficient (Wildman–Crippen LogP) is 4.24. The lowest BCUT2D eigenvalue weighted by atomic mass is 10.1. The van der Waals surface area contributed by atoms with Crippen molar-refractivity contribution in [3.05, 3.63) is 52.7 Å². The number of anilines is 1. The van der Waals surface area contributed by atoms with Crippen molar-refractivity contribution in [3.63, 3.8) is 0 Å². The maximum absolute atomic E-state index is 2.62. The van der Waals surface area contributed by atoms with Crippen LogP contribution in [0.5, 0.6) is 0 Å². The quantitative estimate of drug-likeness (QED) is 0.787. The Bertz CT molecular complexity index is 503. The number of thiophene rings is 1. The summed E-state index contributed by atoms with van der Waals surface area (Å²) >= 11 is 1.79. The Kier molecular flexibility index (Phi) is 5.30. The van der Waals surface area contributed by atoms with E-state index in [2.05, 4.69) is 57.0 Å². The molecule has 0 N–H and O–H groups in total. The second kappa shape index (κ2) is 7.62. The van der Waals surface area contributed by atoms with Crippen LogP contribution in [0.1, 0.15) is 24.8 Å². The van der Waals surface area contributed by atoms with Gasteiger partial charge in [0.25, 0.3) is 0 Å². The van der Waals surface area contributed by atoms with Gasteiger partial charge in [0.1, 0.15) is 0 Å². The third-order valence-corrected chi connectivity index (χ3v) is 4.94. The minimum atomic E-state index is 1.02. The molecule has 3 heteroatoms. The van der Waals surface area contributed by atoms with Crippen LogP contribution in [0.25, 0.3) is 0 Å². The van der Waals surface area contributed by atoms with Crippen molar-refractivity contribution in [2.45, 2.75) is 25.8 Å². The van der Waals surface area contributed by atoms with Gasteiger partial charge in [0, 0.05) is 25.3 Å². The number of rotatable bonds is 6. The van der Waals surface area contributed by atoms with Crippen molar-refractivity contribution >= 4 is 17.0 Å². The fraction of sp³-hybridized carbons (Fsp3) is 0.444. The van der Waals surface area contributed by atoms with Crippen molar-refractivity contribution in [1.82, 2.24) is 4.90 Å². The summed E-state index contributed by atoms with van der Waals surface area (Å²) in [6.07, 6.45) is 4.15. The summed E-state index contributed by atoms with van der Waals surface area (Å²) < 4.78 is 0. The van der Waals surface area contributed by atoms with Crippen LogP contribution in [0.4, 0.5) is 5.69 Å². The molecule has 112 valence electrons. The predicted molar refractivity (Wildman–Crippen MR) is 92.1 cm³/mol. The zero-order valence-electron chi connectivity index (χ0n) is 12.6. The topological polar surface area (TPSA) is 6.48 Å². The third-order valence-electron chi connectivity index (χ3n) is 4.21. The highest BCUT2D eigenvalue weighted by Crippen LogP contribution is 2.18. The minimum Gasteiger partial charge on any atom is -0.366 e. The summed E-state index contributed by atoms with van der Waals surface area (Å²) in [6, 6.07) is 13.1. The normalized spacial score (nSPS) is 16.0. The van der Waals surface area contributed by atoms with E-state index >= 15 is 0 Å². The number of nitrogens with zero attached hydrogens (tertiary/aromatic N) is 2. The van der Waals surface area contributed by atoms with Crippen LogP contribution in [0.3, 0.4) is 0 Å². The number of hydrogen-bond acceptors (Lipinski definition) is 3. The van der Waals surface area contributed by atoms with E-state index in [9.17, 15) is 0 Å². The average molecular weight is 300 g/mol. The minimum absolute atomic E-state index is 1.02. The molecule has 0 saturated carbocycles. The molecule has 1 aromatic carbocycles. The molecule has 0 amide bonds. The third kappa shape index (κ3) is 4.32. The van der Waals surface area contributed by atoms with Crippen molar-refractivity contribution in [3.8, 4) is 0 Å². The number of piperidine rings is 1. The van der Waals surface area contributed by atoms with E-state index in [1.165, 1.54) is 50.1 Å². The zero-order valence-corrected chi connectivity index (χ0v) is 13.4. The van der Waals surface area contributed by atoms with Crippen molar-refractivity contribution in [1.29, 1.82) is 0 Å². The molecule has 1 aliphatic rings. The summed E-state index contributed by atoms with van der Waals surface area (Å²) in [5, 5.41) is 4.43. The Morgan fingerprint density at radius 2 is 1.81 bits per heavy atom. The van der Waals surface area contributed by atoms with E-state index < -0.39 is 0 Å². The average Bonchev–Trinajstić information content (AvgIpc) is 3.06. The van der Waals surface area contributed by atoms with Gasteiger partial charge in [-0.2, -0.15) is 11.3 Å². The van der Waals surface area contributed by atoms with Crippen LogP contribution in [-0.2, 0) is 6.54 Å². The number of likely N-dealkylation sites (tertiary alicyclic amines) is 1. The molecule has 1 fully saturated rings. The van der Waals surface area contributed by atoms with Gasteiger partial charge in [-0.3, -0.25) is 0 Å². The summed E-state index contributed by atoms with van der Waals surface area (Å²) in [7, 11) is 0. The molecule has 0 atom stereocenters. The van der Waals surface area contributed by atoms with Crippen LogP contribution in [0, 0.1) is 0 Å². The standard InChI is InChI=1S/C18H24N2S/c1-3-7-18(8-4-1)20(15-17-9-14-21-16-17)13-12-19-10-5-2-6-11-19/h1,3-4,7-9,14,16H,2,5-6,10-13,15H2. The van der Waals surface area contributed by atoms with Crippen molar-refractivity contribution in [2.24, 2.45) is 0 Å². The van der Waals surface area contributed by atoms with Gasteiger partial charge in [-0.05, 0) is 60.5 Å². The highest BCUT2D eigenvalue weighted by atomic mass is 32.1. The van der Waals surface area contributed by atoms with E-state index in [0.29, 0.717) is 0 Å². The van der Waals surface area contributed by atoms with Gasteiger partial charge in [-0.25, -0.2) is 0 Å². The first-order valence-electron chi connectivity index (χ1n) is 7.95. The lowest BCUT2D eigenvalue weighted by molar-refractivity contribution is 0.233. The molecule has 0 aliphatic carbocycles. The molecule has 1 aliphatic heterocycles. The van der Waals surface area contributed by atoms with Gasteiger partial charge in [0.2, 0.25) is 0 Å². The first kappa shape index (κ1) is 14.6. The molecular formula is C18H24N2S. The molecule has 3 rings (SSSR count). The molecule has 1 aromatic heterocycles. The maximum atomic E-state index is 2.62. The summed E-state index contributed by atoms with van der Waals surface area (Å²) in [4.78, 5) is 5.13. The number of para-hydroxylation sites is 1.